The highest BCUT2D eigenvalue weighted by molar-refractivity contribution is 6.04. The lowest BCUT2D eigenvalue weighted by atomic mass is 9.82. The summed E-state index contributed by atoms with van der Waals surface area (Å²) >= 11 is 0. The van der Waals surface area contributed by atoms with Gasteiger partial charge in [0.2, 0.25) is 0 Å². The van der Waals surface area contributed by atoms with E-state index in [1.165, 1.54) is 0 Å². The van der Waals surface area contributed by atoms with Crippen LogP contribution in [0.25, 0.3) is 0 Å². The fourth-order valence-electron chi connectivity index (χ4n) is 8.67. The number of benzene rings is 4. The molecule has 4 aromatic carbocycles. The number of ether oxygens (including phenoxy) is 4. The molecule has 2 fully saturated rings. The summed E-state index contributed by atoms with van der Waals surface area (Å²) in [4.78, 5) is 59.2. The van der Waals surface area contributed by atoms with Crippen LogP contribution in [0.1, 0.15) is 126 Å². The molecule has 0 amide bonds. The zero-order chi connectivity index (χ0) is 46.8. The molecular weight excluding hydrogens is 821 g/mol. The first kappa shape index (κ1) is 49.0. The molecule has 0 bridgehead atoms. The number of anilines is 2. The third-order valence-corrected chi connectivity index (χ3v) is 13.5. The van der Waals surface area contributed by atoms with Gasteiger partial charge in [-0.1, -0.05) is 52.0 Å². The second-order valence-electron chi connectivity index (χ2n) is 18.3. The Morgan fingerprint density at radius 2 is 0.800 bits per heavy atom. The second-order valence-corrected chi connectivity index (χ2v) is 18.3. The van der Waals surface area contributed by atoms with Crippen molar-refractivity contribution in [1.29, 1.82) is 0 Å². The Balaban J connectivity index is 1.03. The first-order valence-corrected chi connectivity index (χ1v) is 23.2. The minimum atomic E-state index is -1.13. The zero-order valence-corrected chi connectivity index (χ0v) is 39.2. The van der Waals surface area contributed by atoms with Crippen molar-refractivity contribution < 1.29 is 38.1 Å². The molecule has 4 aromatic rings. The summed E-state index contributed by atoms with van der Waals surface area (Å²) in [5.41, 5.74) is 15.0. The van der Waals surface area contributed by atoms with Gasteiger partial charge in [0.15, 0.2) is 11.6 Å². The van der Waals surface area contributed by atoms with Crippen molar-refractivity contribution in [3.05, 3.63) is 130 Å². The van der Waals surface area contributed by atoms with Crippen molar-refractivity contribution >= 4 is 34.9 Å². The van der Waals surface area contributed by atoms with Crippen LogP contribution in [0, 0.1) is 0 Å². The van der Waals surface area contributed by atoms with Gasteiger partial charge in [-0.05, 0) is 136 Å². The minimum absolute atomic E-state index is 0.132. The minimum Gasteiger partial charge on any atom is -0.456 e. The molecule has 4 unspecified atom stereocenters. The third kappa shape index (κ3) is 12.1. The Kier molecular flexibility index (Phi) is 16.1. The molecule has 0 spiro atoms. The molecule has 4 atom stereocenters. The highest BCUT2D eigenvalue weighted by Crippen LogP contribution is 2.34. The second kappa shape index (κ2) is 21.3. The fourth-order valence-corrected chi connectivity index (χ4v) is 8.67. The smallest absolute Gasteiger partial charge is 0.338 e. The number of carbonyl (C=O) groups is 4. The number of morpholine rings is 2. The lowest BCUT2D eigenvalue weighted by Crippen LogP contribution is -2.49. The van der Waals surface area contributed by atoms with E-state index >= 15 is 0 Å². The average molecular weight is 889 g/mol. The predicted octanol–water partition coefficient (Wildman–Crippen LogP) is 8.17. The first-order valence-electron chi connectivity index (χ1n) is 23.2. The zero-order valence-electron chi connectivity index (χ0n) is 39.2. The van der Waals surface area contributed by atoms with Crippen LogP contribution in [0.4, 0.5) is 11.4 Å². The van der Waals surface area contributed by atoms with Crippen molar-refractivity contribution in [2.24, 2.45) is 11.5 Å². The lowest BCUT2D eigenvalue weighted by molar-refractivity contribution is -0.0753. The molecular formula is C53H68N4O8. The molecule has 0 radical (unpaired) electrons. The van der Waals surface area contributed by atoms with E-state index in [-0.39, 0.29) is 18.0 Å². The molecule has 0 aromatic heterocycles. The van der Waals surface area contributed by atoms with Crippen LogP contribution in [-0.4, -0.2) is 98.4 Å². The lowest BCUT2D eigenvalue weighted by Gasteiger charge is -2.38. The number of Topliss-reactive ketones (excluding diaryl/α,β-unsaturated/α-hetero) is 2. The van der Waals surface area contributed by atoms with Gasteiger partial charge in [0.1, 0.15) is 11.2 Å². The number of carbonyl (C=O) groups excluding carboxylic acids is 4. The number of hydrogen-bond donors (Lipinski definition) is 2. The number of ketones is 2. The van der Waals surface area contributed by atoms with Gasteiger partial charge in [-0.15, -0.1) is 0 Å². The summed E-state index contributed by atoms with van der Waals surface area (Å²) in [5, 5.41) is 0. The third-order valence-electron chi connectivity index (χ3n) is 13.5. The highest BCUT2D eigenvalue weighted by Gasteiger charge is 2.40. The number of hydrogen-bond acceptors (Lipinski definition) is 12. The molecule has 12 heteroatoms. The summed E-state index contributed by atoms with van der Waals surface area (Å²) in [5.74, 6) is -1.27. The fraction of sp³-hybridized carbons (Fsp3) is 0.472. The average Bonchev–Trinajstić information content (AvgIpc) is 3.34. The van der Waals surface area contributed by atoms with Crippen LogP contribution in [0.5, 0.6) is 0 Å². The highest BCUT2D eigenvalue weighted by atomic mass is 16.6. The Bertz CT molecular complexity index is 2080. The predicted molar refractivity (Wildman–Crippen MR) is 255 cm³/mol. The maximum Gasteiger partial charge on any atom is 0.338 e. The summed E-state index contributed by atoms with van der Waals surface area (Å²) in [6.45, 7) is 17.4. The van der Waals surface area contributed by atoms with Gasteiger partial charge in [0.05, 0.1) is 48.6 Å². The quantitative estimate of drug-likeness (QED) is 0.0648. The standard InChI is InChI=1S/C53H68N4O8/c1-7-50(5,64-48(60)42-15-11-38(12-16-42)35-52(54,9-3)46(58)40-19-23-44(24-20-40)56-27-31-62-32-28-56)37-51(6,8-2)65-49(61)43-17-13-39(14-18-43)36-53(55,10-4)47(59)41-21-25-45(26-22-41)57-29-33-63-34-30-57/h11-26H,7-10,27-37,54-55H2,1-6H3. The number of rotatable bonds is 20. The van der Waals surface area contributed by atoms with Crippen LogP contribution >= 0.6 is 0 Å². The van der Waals surface area contributed by atoms with Crippen LogP contribution in [0.15, 0.2) is 97.1 Å². The van der Waals surface area contributed by atoms with Gasteiger partial charge in [-0.2, -0.15) is 0 Å². The summed E-state index contributed by atoms with van der Waals surface area (Å²) in [6, 6.07) is 29.3. The van der Waals surface area contributed by atoms with E-state index < -0.39 is 34.2 Å². The summed E-state index contributed by atoms with van der Waals surface area (Å²) in [6.07, 6.45) is 2.70. The molecule has 4 N–H and O–H groups in total. The Hall–Kier alpha value is -5.40. The molecule has 2 heterocycles. The van der Waals surface area contributed by atoms with E-state index in [0.717, 1.165) is 48.7 Å². The van der Waals surface area contributed by atoms with E-state index in [2.05, 4.69) is 9.80 Å². The van der Waals surface area contributed by atoms with Crippen LogP contribution in [-0.2, 0) is 31.8 Å². The normalized spacial score (nSPS) is 18.0. The molecule has 2 saturated heterocycles. The number of nitrogens with two attached hydrogens (primary N) is 2. The monoisotopic (exact) mass is 889 g/mol. The van der Waals surface area contributed by atoms with Gasteiger partial charge in [0, 0.05) is 55.1 Å². The summed E-state index contributed by atoms with van der Waals surface area (Å²) in [7, 11) is 0. The molecule has 12 nitrogen and oxygen atoms in total. The van der Waals surface area contributed by atoms with Crippen molar-refractivity contribution in [3.63, 3.8) is 0 Å². The number of nitrogens with zero attached hydrogens (tertiary/aromatic N) is 2. The topological polar surface area (TPSA) is 164 Å². The van der Waals surface area contributed by atoms with Crippen LogP contribution < -0.4 is 21.3 Å². The van der Waals surface area contributed by atoms with E-state index in [1.807, 2.05) is 114 Å². The van der Waals surface area contributed by atoms with Gasteiger partial charge in [0.25, 0.3) is 0 Å². The van der Waals surface area contributed by atoms with Gasteiger partial charge < -0.3 is 40.2 Å². The van der Waals surface area contributed by atoms with Gasteiger partial charge in [-0.3, -0.25) is 9.59 Å². The van der Waals surface area contributed by atoms with Crippen molar-refractivity contribution in [3.8, 4) is 0 Å². The Morgan fingerprint density at radius 1 is 0.492 bits per heavy atom. The van der Waals surface area contributed by atoms with Crippen molar-refractivity contribution in [1.82, 2.24) is 0 Å². The molecule has 6 rings (SSSR count). The van der Waals surface area contributed by atoms with Gasteiger partial charge >= 0.3 is 11.9 Å². The molecule has 65 heavy (non-hydrogen) atoms. The molecule has 0 aliphatic carbocycles. The van der Waals surface area contributed by atoms with Gasteiger partial charge in [-0.25, -0.2) is 9.59 Å². The molecule has 348 valence electrons. The van der Waals surface area contributed by atoms with Crippen molar-refractivity contribution in [2.75, 3.05) is 62.4 Å². The molecule has 2 aliphatic heterocycles. The molecule has 2 aliphatic rings. The largest absolute Gasteiger partial charge is 0.456 e. The van der Waals surface area contributed by atoms with Crippen LogP contribution in [0.2, 0.25) is 0 Å². The van der Waals surface area contributed by atoms with E-state index in [1.54, 1.807) is 24.3 Å². The number of esters is 2. The maximum absolute atomic E-state index is 13.7. The molecule has 0 saturated carbocycles. The van der Waals surface area contributed by atoms with Crippen LogP contribution in [0.3, 0.4) is 0 Å². The van der Waals surface area contributed by atoms with E-state index in [0.29, 0.717) is 87.2 Å². The van der Waals surface area contributed by atoms with E-state index in [9.17, 15) is 19.2 Å². The summed E-state index contributed by atoms with van der Waals surface area (Å²) < 4.78 is 23.3. The Morgan fingerprint density at radius 3 is 1.09 bits per heavy atom. The first-order chi connectivity index (χ1) is 31.0. The maximum atomic E-state index is 13.7. The van der Waals surface area contributed by atoms with E-state index in [4.69, 9.17) is 30.4 Å². The van der Waals surface area contributed by atoms with Crippen molar-refractivity contribution in [2.45, 2.75) is 109 Å². The SMILES string of the molecule is CCC(C)(CC(C)(CC)OC(=O)c1ccc(CC(N)(CC)C(=O)c2ccc(N3CCOCC3)cc2)cc1)OC(=O)c1ccc(CC(N)(CC)C(=O)c2ccc(N3CCOCC3)cc2)cc1. The Labute approximate surface area is 384 Å².